The monoisotopic (exact) mass is 679 g/mol. The molecule has 48 heavy (non-hydrogen) atoms. The van der Waals surface area contributed by atoms with Gasteiger partial charge in [0.05, 0.1) is 35.7 Å². The number of aromatic nitrogens is 5. The van der Waals surface area contributed by atoms with Gasteiger partial charge in [0, 0.05) is 66.0 Å². The van der Waals surface area contributed by atoms with Crippen LogP contribution in [-0.4, -0.2) is 79.0 Å². The molecule has 2 aliphatic heterocycles. The van der Waals surface area contributed by atoms with Gasteiger partial charge in [0.15, 0.2) is 0 Å². The number of H-pyrrole nitrogens is 1. The van der Waals surface area contributed by atoms with Crippen LogP contribution in [-0.2, 0) is 23.6 Å². The zero-order valence-electron chi connectivity index (χ0n) is 26.1. The van der Waals surface area contributed by atoms with Gasteiger partial charge in [0.1, 0.15) is 6.10 Å². The summed E-state index contributed by atoms with van der Waals surface area (Å²) in [6.45, 7) is 5.62. The number of hydrogen-bond donors (Lipinski definition) is 3. The molecule has 1 aromatic carbocycles. The van der Waals surface area contributed by atoms with Crippen molar-refractivity contribution in [2.75, 3.05) is 25.1 Å². The second-order valence-corrected chi connectivity index (χ2v) is 11.8. The van der Waals surface area contributed by atoms with Crippen molar-refractivity contribution in [3.63, 3.8) is 0 Å². The van der Waals surface area contributed by atoms with Crippen molar-refractivity contribution in [2.45, 2.75) is 64.3 Å². The summed E-state index contributed by atoms with van der Waals surface area (Å²) in [4.78, 5) is 16.8. The van der Waals surface area contributed by atoms with Gasteiger partial charge in [-0.1, -0.05) is 0 Å². The van der Waals surface area contributed by atoms with E-state index in [-0.39, 0.29) is 37.5 Å². The van der Waals surface area contributed by atoms with Crippen LogP contribution in [0.5, 0.6) is 5.88 Å². The lowest BCUT2D eigenvalue weighted by Crippen LogP contribution is -2.51. The number of aryl methyl sites for hydroxylation is 2. The number of nitrogens with one attached hydrogen (secondary N) is 1. The van der Waals surface area contributed by atoms with Gasteiger partial charge < -0.3 is 24.6 Å². The first-order valence-corrected chi connectivity index (χ1v) is 14.8. The molecule has 2 aliphatic rings. The molecule has 1 unspecified atom stereocenters. The van der Waals surface area contributed by atoms with Gasteiger partial charge in [0.25, 0.3) is 0 Å². The SMILES string of the molecule is COc1ncc(-c2c(C)n[nH]c2C)cc1-c1cnc(N2CC(O)C2)nc1CN1C(O)O[C@H](c2cc(C(F)(F)F)cc(C(F)(F)F)c2)[C@@H]1C. The van der Waals surface area contributed by atoms with Crippen molar-refractivity contribution in [3.05, 3.63) is 70.4 Å². The summed E-state index contributed by atoms with van der Waals surface area (Å²) in [5.74, 6) is 0.498. The molecule has 5 heterocycles. The number of halogens is 6. The summed E-state index contributed by atoms with van der Waals surface area (Å²) in [5.41, 5.74) is 0.929. The average Bonchev–Trinajstić information content (AvgIpc) is 3.50. The smallest absolute Gasteiger partial charge is 0.416 e. The van der Waals surface area contributed by atoms with Crippen LogP contribution in [0, 0.1) is 13.8 Å². The second-order valence-electron chi connectivity index (χ2n) is 11.8. The highest BCUT2D eigenvalue weighted by Gasteiger charge is 2.43. The summed E-state index contributed by atoms with van der Waals surface area (Å²) in [7, 11) is 1.44. The number of β-amino-alcohol motifs (C(OH)–C–C–N with tert-alkyl or cyclic N) is 1. The highest BCUT2D eigenvalue weighted by molar-refractivity contribution is 5.78. The molecule has 2 fully saturated rings. The minimum atomic E-state index is -5.05. The van der Waals surface area contributed by atoms with Gasteiger partial charge in [-0.25, -0.2) is 19.9 Å². The van der Waals surface area contributed by atoms with Crippen LogP contribution in [0.25, 0.3) is 22.3 Å². The quantitative estimate of drug-likeness (QED) is 0.229. The van der Waals surface area contributed by atoms with Crippen molar-refractivity contribution in [1.82, 2.24) is 30.0 Å². The van der Waals surface area contributed by atoms with E-state index >= 15 is 0 Å². The van der Waals surface area contributed by atoms with Crippen molar-refractivity contribution < 1.29 is 46.0 Å². The summed E-state index contributed by atoms with van der Waals surface area (Å²) in [6, 6.07) is 2.14. The number of ether oxygens (including phenoxy) is 2. The average molecular weight is 680 g/mol. The molecule has 3 atom stereocenters. The summed E-state index contributed by atoms with van der Waals surface area (Å²) in [6.07, 6.45) is -10.6. The van der Waals surface area contributed by atoms with Gasteiger partial charge >= 0.3 is 12.4 Å². The van der Waals surface area contributed by atoms with Crippen LogP contribution in [0.3, 0.4) is 0 Å². The van der Waals surface area contributed by atoms with E-state index in [1.807, 2.05) is 19.9 Å². The Balaban J connectivity index is 1.41. The second kappa shape index (κ2) is 12.3. The number of anilines is 1. The van der Waals surface area contributed by atoms with E-state index in [0.717, 1.165) is 17.0 Å². The number of aliphatic hydroxyl groups is 2. The van der Waals surface area contributed by atoms with E-state index in [9.17, 15) is 36.6 Å². The first-order chi connectivity index (χ1) is 22.5. The lowest BCUT2D eigenvalue weighted by Gasteiger charge is -2.36. The van der Waals surface area contributed by atoms with Crippen LogP contribution in [0.4, 0.5) is 32.3 Å². The molecule has 3 N–H and O–H groups in total. The van der Waals surface area contributed by atoms with Gasteiger partial charge in [-0.2, -0.15) is 31.4 Å². The Labute approximate surface area is 270 Å². The van der Waals surface area contributed by atoms with Crippen molar-refractivity contribution >= 4 is 5.95 Å². The molecule has 2 saturated heterocycles. The highest BCUT2D eigenvalue weighted by atomic mass is 19.4. The minimum absolute atomic E-state index is 0.0425. The third-order valence-corrected chi connectivity index (χ3v) is 8.54. The Hall–Kier alpha value is -4.32. The maximum Gasteiger partial charge on any atom is 0.416 e. The Morgan fingerprint density at radius 3 is 2.19 bits per heavy atom. The maximum absolute atomic E-state index is 13.6. The molecule has 17 heteroatoms. The minimum Gasteiger partial charge on any atom is -0.481 e. The Morgan fingerprint density at radius 1 is 0.958 bits per heavy atom. The molecule has 11 nitrogen and oxygen atoms in total. The number of methoxy groups -OCH3 is 1. The van der Waals surface area contributed by atoms with Crippen LogP contribution in [0.15, 0.2) is 36.7 Å². The Morgan fingerprint density at radius 2 is 1.62 bits per heavy atom. The largest absolute Gasteiger partial charge is 0.481 e. The predicted molar refractivity (Wildman–Crippen MR) is 158 cm³/mol. The molecule has 6 rings (SSSR count). The third kappa shape index (κ3) is 6.29. The number of alkyl halides is 6. The van der Waals surface area contributed by atoms with Crippen LogP contribution in [0.2, 0.25) is 0 Å². The third-order valence-electron chi connectivity index (χ3n) is 8.54. The van der Waals surface area contributed by atoms with Gasteiger partial charge in [-0.05, 0) is 50.6 Å². The molecule has 4 aromatic rings. The summed E-state index contributed by atoms with van der Waals surface area (Å²) >= 11 is 0. The zero-order valence-corrected chi connectivity index (χ0v) is 26.1. The fraction of sp³-hybridized carbons (Fsp3) is 0.419. The molecule has 0 spiro atoms. The lowest BCUT2D eigenvalue weighted by molar-refractivity contribution is -0.154. The predicted octanol–water partition coefficient (Wildman–Crippen LogP) is 5.01. The topological polar surface area (TPSA) is 133 Å². The van der Waals surface area contributed by atoms with Crippen LogP contribution in [0.1, 0.15) is 46.8 Å². The van der Waals surface area contributed by atoms with Gasteiger partial charge in [0.2, 0.25) is 18.2 Å². The van der Waals surface area contributed by atoms with E-state index in [1.54, 1.807) is 11.1 Å². The van der Waals surface area contributed by atoms with Crippen molar-refractivity contribution in [3.8, 4) is 28.1 Å². The number of aromatic amines is 1. The molecule has 256 valence electrons. The fourth-order valence-corrected chi connectivity index (χ4v) is 6.04. The number of rotatable bonds is 7. The van der Waals surface area contributed by atoms with Gasteiger partial charge in [-0.15, -0.1) is 0 Å². The zero-order chi connectivity index (χ0) is 34.7. The first-order valence-electron chi connectivity index (χ1n) is 14.8. The van der Waals surface area contributed by atoms with E-state index in [0.29, 0.717) is 34.5 Å². The normalized spacial score (nSPS) is 20.8. The number of aliphatic hydroxyl groups excluding tert-OH is 2. The van der Waals surface area contributed by atoms with Crippen LogP contribution < -0.4 is 9.64 Å². The molecule has 0 saturated carbocycles. The van der Waals surface area contributed by atoms with Crippen LogP contribution >= 0.6 is 0 Å². The highest BCUT2D eigenvalue weighted by Crippen LogP contribution is 2.43. The molecule has 0 aliphatic carbocycles. The first kappa shape index (κ1) is 33.6. The van der Waals surface area contributed by atoms with E-state index in [2.05, 4.69) is 20.2 Å². The standard InChI is InChI=1S/C31H31F6N7O4/c1-14-25(15(2)42-41-14)18-7-22(27(47-4)38-9-18)23-10-39-28(43-11-21(45)12-43)40-24(23)13-44-16(3)26(48-29(44)46)17-5-19(30(32,33)34)8-20(6-17)31(35,36)37/h5-10,16,21,26,29,45-46H,11-13H2,1-4H3,(H,41,42)/t16-,26-,29?/m0/s1. The molecule has 0 radical (unpaired) electrons. The number of benzene rings is 1. The van der Waals surface area contributed by atoms with E-state index in [1.165, 1.54) is 25.1 Å². The van der Waals surface area contributed by atoms with Crippen molar-refractivity contribution in [1.29, 1.82) is 0 Å². The van der Waals surface area contributed by atoms with Crippen molar-refractivity contribution in [2.24, 2.45) is 0 Å². The lowest BCUT2D eigenvalue weighted by atomic mass is 9.97. The van der Waals surface area contributed by atoms with Gasteiger partial charge in [-0.3, -0.25) is 5.10 Å². The summed E-state index contributed by atoms with van der Waals surface area (Å²) in [5, 5.41) is 28.1. The Kier molecular flexibility index (Phi) is 8.60. The van der Waals surface area contributed by atoms with E-state index in [4.69, 9.17) is 14.5 Å². The Bertz CT molecular complexity index is 1770. The molecule has 3 aromatic heterocycles. The summed E-state index contributed by atoms with van der Waals surface area (Å²) < 4.78 is 93.0. The molecule has 0 amide bonds. The number of pyridine rings is 1. The molecular formula is C31H31F6N7O4. The fourth-order valence-electron chi connectivity index (χ4n) is 6.04. The van der Waals surface area contributed by atoms with E-state index < -0.39 is 53.7 Å². The molecular weight excluding hydrogens is 648 g/mol. The number of hydrogen-bond acceptors (Lipinski definition) is 10. The number of nitrogens with zero attached hydrogens (tertiary/aromatic N) is 6. The maximum atomic E-state index is 13.6. The molecule has 0 bridgehead atoms.